The Morgan fingerprint density at radius 3 is 2.87 bits per heavy atom. The molecule has 0 radical (unpaired) electrons. The highest BCUT2D eigenvalue weighted by Gasteiger charge is 2.31. The number of halogens is 1. The molecule has 154 valence electrons. The lowest BCUT2D eigenvalue weighted by Crippen LogP contribution is -2.25. The van der Waals surface area contributed by atoms with Crippen molar-refractivity contribution in [3.05, 3.63) is 65.9 Å². The van der Waals surface area contributed by atoms with Crippen LogP contribution in [0.2, 0.25) is 0 Å². The number of hydrogen-bond donors (Lipinski definition) is 2. The van der Waals surface area contributed by atoms with Crippen molar-refractivity contribution in [2.45, 2.75) is 12.3 Å². The number of hydrogen-bond acceptors (Lipinski definition) is 5. The van der Waals surface area contributed by atoms with Gasteiger partial charge in [0.1, 0.15) is 18.0 Å². The summed E-state index contributed by atoms with van der Waals surface area (Å²) in [6.45, 7) is -0.274. The molecule has 8 nitrogen and oxygen atoms in total. The van der Waals surface area contributed by atoms with Gasteiger partial charge in [0, 0.05) is 12.3 Å². The molecule has 0 fully saturated rings. The third kappa shape index (κ3) is 3.69. The lowest BCUT2D eigenvalue weighted by atomic mass is 9.89. The zero-order valence-electron chi connectivity index (χ0n) is 16.1. The normalized spacial score (nSPS) is 15.3. The molecule has 4 rings (SSSR count). The number of nitrogens with zero attached hydrogens (tertiary/aromatic N) is 2. The van der Waals surface area contributed by atoms with Gasteiger partial charge in [0.05, 0.1) is 18.5 Å². The largest absolute Gasteiger partial charge is 0.493 e. The average molecular weight is 410 g/mol. The monoisotopic (exact) mass is 410 g/mol. The van der Waals surface area contributed by atoms with Crippen molar-refractivity contribution in [2.75, 3.05) is 19.0 Å². The molecule has 2 amide bonds. The minimum absolute atomic E-state index is 0.182. The van der Waals surface area contributed by atoms with E-state index in [1.165, 1.54) is 19.2 Å². The smallest absolute Gasteiger partial charge is 0.255 e. The number of primary amides is 1. The maximum atomic E-state index is 13.7. The van der Waals surface area contributed by atoms with Gasteiger partial charge in [-0.1, -0.05) is 12.1 Å². The Morgan fingerprint density at radius 1 is 1.30 bits per heavy atom. The van der Waals surface area contributed by atoms with Gasteiger partial charge in [0.2, 0.25) is 5.91 Å². The zero-order valence-corrected chi connectivity index (χ0v) is 16.1. The van der Waals surface area contributed by atoms with Crippen molar-refractivity contribution < 1.29 is 23.5 Å². The standard InChI is InChI=1S/C21H19FN4O4/c1-29-17-7-12(5-6-16(17)30-10-18(23)27)15-9-19(28)25-21-20(15)24-11-26(21)14-4-2-3-13(22)8-14/h2-8,11,15H,9-10H2,1H3,(H2,23,27)(H,25,28). The minimum Gasteiger partial charge on any atom is -0.493 e. The highest BCUT2D eigenvalue weighted by Crippen LogP contribution is 2.40. The first kappa shape index (κ1) is 19.4. The van der Waals surface area contributed by atoms with Crippen LogP contribution in [0.15, 0.2) is 48.8 Å². The Hall–Kier alpha value is -3.88. The van der Waals surface area contributed by atoms with Crippen molar-refractivity contribution in [1.29, 1.82) is 0 Å². The summed E-state index contributed by atoms with van der Waals surface area (Å²) in [5, 5.41) is 2.83. The topological polar surface area (TPSA) is 108 Å². The van der Waals surface area contributed by atoms with Gasteiger partial charge in [-0.15, -0.1) is 0 Å². The summed E-state index contributed by atoms with van der Waals surface area (Å²) in [5.41, 5.74) is 7.13. The summed E-state index contributed by atoms with van der Waals surface area (Å²) < 4.78 is 26.0. The van der Waals surface area contributed by atoms with E-state index < -0.39 is 5.91 Å². The third-order valence-corrected chi connectivity index (χ3v) is 4.82. The number of amides is 2. The minimum atomic E-state index is -0.599. The van der Waals surface area contributed by atoms with Gasteiger partial charge in [-0.2, -0.15) is 0 Å². The third-order valence-electron chi connectivity index (χ3n) is 4.82. The molecule has 0 saturated carbocycles. The Labute approximate surface area is 171 Å². The first-order chi connectivity index (χ1) is 14.5. The summed E-state index contributed by atoms with van der Waals surface area (Å²) in [6, 6.07) is 11.2. The predicted octanol–water partition coefficient (Wildman–Crippen LogP) is 2.36. The fraction of sp³-hybridized carbons (Fsp3) is 0.190. The molecule has 2 heterocycles. The van der Waals surface area contributed by atoms with E-state index in [0.29, 0.717) is 28.7 Å². The molecular formula is C21H19FN4O4. The van der Waals surface area contributed by atoms with Gasteiger partial charge >= 0.3 is 0 Å². The molecule has 0 bridgehead atoms. The highest BCUT2D eigenvalue weighted by atomic mass is 19.1. The van der Waals surface area contributed by atoms with E-state index in [1.54, 1.807) is 41.2 Å². The molecule has 0 spiro atoms. The van der Waals surface area contributed by atoms with Gasteiger partial charge in [-0.25, -0.2) is 9.37 Å². The summed E-state index contributed by atoms with van der Waals surface area (Å²) in [7, 11) is 1.48. The molecule has 2 aromatic carbocycles. The Kier molecular flexibility index (Phi) is 5.09. The van der Waals surface area contributed by atoms with Crippen LogP contribution in [0.1, 0.15) is 23.6 Å². The first-order valence-electron chi connectivity index (χ1n) is 9.18. The lowest BCUT2D eigenvalue weighted by Gasteiger charge is -2.24. The summed E-state index contributed by atoms with van der Waals surface area (Å²) in [6.07, 6.45) is 1.75. The number of nitrogens with one attached hydrogen (secondary N) is 1. The molecule has 3 N–H and O–H groups in total. The molecule has 3 aromatic rings. The summed E-state index contributed by atoms with van der Waals surface area (Å²) in [5.74, 6) is -0.226. The van der Waals surface area contributed by atoms with Crippen molar-refractivity contribution in [2.24, 2.45) is 5.73 Å². The number of carbonyl (C=O) groups excluding carboxylic acids is 2. The van der Waals surface area contributed by atoms with Gasteiger partial charge in [0.15, 0.2) is 18.1 Å². The fourth-order valence-corrected chi connectivity index (χ4v) is 3.47. The number of imidazole rings is 1. The van der Waals surface area contributed by atoms with E-state index in [0.717, 1.165) is 5.56 Å². The Balaban J connectivity index is 1.72. The number of aromatic nitrogens is 2. The highest BCUT2D eigenvalue weighted by molar-refractivity contribution is 5.94. The number of rotatable bonds is 6. The van der Waals surface area contributed by atoms with Crippen molar-refractivity contribution in [1.82, 2.24) is 9.55 Å². The second kappa shape index (κ2) is 7.86. The zero-order chi connectivity index (χ0) is 21.3. The van der Waals surface area contributed by atoms with E-state index in [4.69, 9.17) is 15.2 Å². The van der Waals surface area contributed by atoms with Crippen molar-refractivity contribution in [3.63, 3.8) is 0 Å². The predicted molar refractivity (Wildman–Crippen MR) is 106 cm³/mol. The second-order valence-corrected chi connectivity index (χ2v) is 6.80. The molecule has 1 aliphatic rings. The van der Waals surface area contributed by atoms with Crippen LogP contribution in [0, 0.1) is 5.82 Å². The van der Waals surface area contributed by atoms with E-state index >= 15 is 0 Å². The quantitative estimate of drug-likeness (QED) is 0.649. The number of methoxy groups -OCH3 is 1. The van der Waals surface area contributed by atoms with E-state index in [1.807, 2.05) is 0 Å². The van der Waals surface area contributed by atoms with E-state index in [2.05, 4.69) is 10.3 Å². The number of anilines is 1. The lowest BCUT2D eigenvalue weighted by molar-refractivity contribution is -0.120. The second-order valence-electron chi connectivity index (χ2n) is 6.80. The molecule has 0 saturated heterocycles. The van der Waals surface area contributed by atoms with Crippen LogP contribution in [0.25, 0.3) is 5.69 Å². The average Bonchev–Trinajstić information content (AvgIpc) is 3.15. The number of ether oxygens (including phenoxy) is 2. The molecule has 1 atom stereocenters. The number of carbonyl (C=O) groups is 2. The van der Waals surface area contributed by atoms with Crippen molar-refractivity contribution in [3.8, 4) is 17.2 Å². The molecule has 1 aromatic heterocycles. The molecule has 1 aliphatic heterocycles. The molecule has 0 aliphatic carbocycles. The molecule has 30 heavy (non-hydrogen) atoms. The van der Waals surface area contributed by atoms with Crippen LogP contribution in [0.5, 0.6) is 11.5 Å². The van der Waals surface area contributed by atoms with E-state index in [-0.39, 0.29) is 30.7 Å². The van der Waals surface area contributed by atoms with Crippen LogP contribution in [-0.2, 0) is 9.59 Å². The molecular weight excluding hydrogens is 391 g/mol. The molecule has 1 unspecified atom stereocenters. The van der Waals surface area contributed by atoms with Crippen LogP contribution < -0.4 is 20.5 Å². The van der Waals surface area contributed by atoms with Gasteiger partial charge in [0.25, 0.3) is 5.91 Å². The van der Waals surface area contributed by atoms with Crippen LogP contribution in [-0.4, -0.2) is 35.1 Å². The Bertz CT molecular complexity index is 1130. The van der Waals surface area contributed by atoms with Gasteiger partial charge < -0.3 is 20.5 Å². The number of nitrogens with two attached hydrogens (primary N) is 1. The maximum absolute atomic E-state index is 13.7. The first-order valence-corrected chi connectivity index (χ1v) is 9.18. The number of benzene rings is 2. The van der Waals surface area contributed by atoms with Gasteiger partial charge in [-0.05, 0) is 35.9 Å². The summed E-state index contributed by atoms with van der Waals surface area (Å²) >= 11 is 0. The SMILES string of the molecule is COc1cc(C2CC(=O)Nc3c2ncn3-c2cccc(F)c2)ccc1OCC(N)=O. The van der Waals surface area contributed by atoms with E-state index in [9.17, 15) is 14.0 Å². The van der Waals surface area contributed by atoms with Crippen molar-refractivity contribution >= 4 is 17.6 Å². The van der Waals surface area contributed by atoms with Crippen LogP contribution >= 0.6 is 0 Å². The fourth-order valence-electron chi connectivity index (χ4n) is 3.47. The molecule has 9 heteroatoms. The van der Waals surface area contributed by atoms with Gasteiger partial charge in [-0.3, -0.25) is 14.2 Å². The Morgan fingerprint density at radius 2 is 2.13 bits per heavy atom. The number of fused-ring (bicyclic) bond motifs is 1. The van der Waals surface area contributed by atoms with Crippen LogP contribution in [0.3, 0.4) is 0 Å². The van der Waals surface area contributed by atoms with Crippen LogP contribution in [0.4, 0.5) is 10.2 Å². The maximum Gasteiger partial charge on any atom is 0.255 e. The summed E-state index contributed by atoms with van der Waals surface area (Å²) in [4.78, 5) is 27.9.